The quantitative estimate of drug-likeness (QED) is 0.0243. The number of hydrogen-bond acceptors (Lipinski definition) is 5. The van der Waals surface area contributed by atoms with Gasteiger partial charge in [0.2, 0.25) is 5.91 Å². The number of quaternary nitrogens is 1. The highest BCUT2D eigenvalue weighted by Crippen LogP contribution is 2.43. The summed E-state index contributed by atoms with van der Waals surface area (Å²) in [6, 6.07) is -0.756. The molecular weight excluding hydrogens is 900 g/mol. The van der Waals surface area contributed by atoms with E-state index in [2.05, 4.69) is 43.5 Å². The fourth-order valence-corrected chi connectivity index (χ4v) is 10.3. The van der Waals surface area contributed by atoms with Gasteiger partial charge in [-0.3, -0.25) is 13.8 Å². The van der Waals surface area contributed by atoms with E-state index in [9.17, 15) is 19.4 Å². The molecule has 0 aliphatic carbocycles. The molecule has 8 nitrogen and oxygen atoms in total. The van der Waals surface area contributed by atoms with E-state index < -0.39 is 20.0 Å². The van der Waals surface area contributed by atoms with E-state index in [1.54, 1.807) is 0 Å². The van der Waals surface area contributed by atoms with Crippen molar-refractivity contribution in [1.29, 1.82) is 0 Å². The largest absolute Gasteiger partial charge is 0.472 e. The highest BCUT2D eigenvalue weighted by Gasteiger charge is 2.28. The van der Waals surface area contributed by atoms with E-state index in [-0.39, 0.29) is 19.1 Å². The number of nitrogens with one attached hydrogen (secondary N) is 1. The summed E-state index contributed by atoms with van der Waals surface area (Å²) in [6.45, 7) is 4.90. The first kappa shape index (κ1) is 70.0. The molecular formula is C62H124N2O6P+. The van der Waals surface area contributed by atoms with Gasteiger partial charge in [-0.05, 0) is 44.9 Å². The minimum absolute atomic E-state index is 0.0775. The Morgan fingerprint density at radius 3 is 1.15 bits per heavy atom. The fraction of sp³-hybridized carbons (Fsp3) is 0.919. The molecule has 0 aromatic carbocycles. The molecule has 0 rings (SSSR count). The molecule has 3 unspecified atom stereocenters. The Morgan fingerprint density at radius 1 is 0.479 bits per heavy atom. The number of amides is 1. The summed E-state index contributed by atoms with van der Waals surface area (Å²) in [7, 11) is 1.63. The summed E-state index contributed by atoms with van der Waals surface area (Å²) < 4.78 is 23.7. The molecule has 3 N–H and O–H groups in total. The zero-order chi connectivity index (χ0) is 52.0. The van der Waals surface area contributed by atoms with Gasteiger partial charge in [-0.1, -0.05) is 289 Å². The van der Waals surface area contributed by atoms with Gasteiger partial charge in [0.15, 0.2) is 0 Å². The number of unbranched alkanes of at least 4 members (excludes halogenated alkanes) is 41. The lowest BCUT2D eigenvalue weighted by atomic mass is 10.0. The van der Waals surface area contributed by atoms with Crippen molar-refractivity contribution < 1.29 is 32.9 Å². The standard InChI is InChI=1S/C62H123N2O6P/c1-6-8-10-12-14-16-18-20-21-22-23-24-25-26-27-28-29-30-31-32-33-34-35-36-37-38-39-40-41-42-43-44-46-48-50-52-54-56-62(66)63-60(59-70-71(67,68)69-58-57-64(3,4)5)61(65)55-53-51-49-47-45-19-17-15-13-11-9-7-2/h18,20,22-23,60-61,65H,6-17,19,21,24-59H2,1-5H3,(H-,63,66,67,68)/p+1/b20-18-,23-22-. The first-order valence-corrected chi connectivity index (χ1v) is 32.7. The Labute approximate surface area is 443 Å². The van der Waals surface area contributed by atoms with Crippen molar-refractivity contribution in [3.05, 3.63) is 24.3 Å². The van der Waals surface area contributed by atoms with Crippen molar-refractivity contribution in [2.45, 2.75) is 328 Å². The molecule has 0 fully saturated rings. The molecule has 71 heavy (non-hydrogen) atoms. The first-order chi connectivity index (χ1) is 34.5. The number of rotatable bonds is 58. The third-order valence-corrected chi connectivity index (χ3v) is 15.4. The van der Waals surface area contributed by atoms with Gasteiger partial charge in [0.05, 0.1) is 39.9 Å². The number of allylic oxidation sites excluding steroid dienone is 4. The van der Waals surface area contributed by atoms with E-state index >= 15 is 0 Å². The molecule has 0 bridgehead atoms. The van der Waals surface area contributed by atoms with Gasteiger partial charge in [-0.15, -0.1) is 0 Å². The van der Waals surface area contributed by atoms with Gasteiger partial charge in [0.25, 0.3) is 0 Å². The molecule has 422 valence electrons. The number of likely N-dealkylation sites (N-methyl/N-ethyl adjacent to an activating group) is 1. The first-order valence-electron chi connectivity index (χ1n) is 31.2. The van der Waals surface area contributed by atoms with Crippen LogP contribution in [0.2, 0.25) is 0 Å². The number of carbonyl (C=O) groups is 1. The number of phosphoric ester groups is 1. The molecule has 9 heteroatoms. The molecule has 0 aliphatic heterocycles. The molecule has 0 spiro atoms. The van der Waals surface area contributed by atoms with Crippen LogP contribution in [0.25, 0.3) is 0 Å². The van der Waals surface area contributed by atoms with E-state index in [0.717, 1.165) is 44.9 Å². The second-order valence-electron chi connectivity index (χ2n) is 22.8. The Hall–Kier alpha value is -1.02. The van der Waals surface area contributed by atoms with Crippen molar-refractivity contribution in [3.63, 3.8) is 0 Å². The predicted molar refractivity (Wildman–Crippen MR) is 309 cm³/mol. The van der Waals surface area contributed by atoms with Crippen LogP contribution in [0.5, 0.6) is 0 Å². The average molecular weight is 1020 g/mol. The predicted octanol–water partition coefficient (Wildman–Crippen LogP) is 19.2. The molecule has 0 radical (unpaired) electrons. The Bertz CT molecular complexity index is 1210. The maximum absolute atomic E-state index is 13.0. The lowest BCUT2D eigenvalue weighted by molar-refractivity contribution is -0.870. The lowest BCUT2D eigenvalue weighted by Gasteiger charge is -2.26. The van der Waals surface area contributed by atoms with E-state index in [1.807, 2.05) is 21.1 Å². The number of aliphatic hydroxyl groups is 1. The number of aliphatic hydroxyl groups excluding tert-OH is 1. The normalized spacial score (nSPS) is 14.0. The zero-order valence-corrected chi connectivity index (χ0v) is 49.1. The van der Waals surface area contributed by atoms with Crippen LogP contribution in [0.15, 0.2) is 24.3 Å². The summed E-state index contributed by atoms with van der Waals surface area (Å²) in [5.74, 6) is -0.139. The SMILES string of the molecule is CCCCCCC/C=C\C/C=C\CCCCCCCCCCCCCCCCCCCCCCCCCCCC(=O)NC(COP(=O)(O)OCC[N+](C)(C)C)C(O)CCCCCCCCCCCCCC. The van der Waals surface area contributed by atoms with E-state index in [0.29, 0.717) is 23.9 Å². The summed E-state index contributed by atoms with van der Waals surface area (Å²) >= 11 is 0. The highest BCUT2D eigenvalue weighted by molar-refractivity contribution is 7.47. The van der Waals surface area contributed by atoms with Crippen molar-refractivity contribution in [2.75, 3.05) is 40.9 Å². The topological polar surface area (TPSA) is 105 Å². The van der Waals surface area contributed by atoms with Gasteiger partial charge >= 0.3 is 7.82 Å². The van der Waals surface area contributed by atoms with Crippen LogP contribution in [-0.4, -0.2) is 73.4 Å². The maximum Gasteiger partial charge on any atom is 0.472 e. The number of phosphoric acid groups is 1. The van der Waals surface area contributed by atoms with Gasteiger partial charge in [-0.2, -0.15) is 0 Å². The van der Waals surface area contributed by atoms with Crippen molar-refractivity contribution >= 4 is 13.7 Å². The fourth-order valence-electron chi connectivity index (χ4n) is 9.55. The number of carbonyl (C=O) groups excluding carboxylic acids is 1. The Balaban J connectivity index is 3.85. The number of hydrogen-bond donors (Lipinski definition) is 3. The molecule has 1 amide bonds. The summed E-state index contributed by atoms with van der Waals surface area (Å²) in [5.41, 5.74) is 0. The minimum atomic E-state index is -4.32. The second-order valence-corrected chi connectivity index (χ2v) is 24.2. The number of nitrogens with zero attached hydrogens (tertiary/aromatic N) is 1. The molecule has 3 atom stereocenters. The Kier molecular flexibility index (Phi) is 53.0. The summed E-state index contributed by atoms with van der Waals surface area (Å²) in [6.07, 6.45) is 68.4. The van der Waals surface area contributed by atoms with Crippen LogP contribution in [0.1, 0.15) is 316 Å². The monoisotopic (exact) mass is 1020 g/mol. The molecule has 0 saturated heterocycles. The van der Waals surface area contributed by atoms with Crippen LogP contribution < -0.4 is 5.32 Å². The molecule has 0 heterocycles. The van der Waals surface area contributed by atoms with Crippen LogP contribution in [-0.2, 0) is 18.4 Å². The van der Waals surface area contributed by atoms with Crippen molar-refractivity contribution in [3.8, 4) is 0 Å². The van der Waals surface area contributed by atoms with Crippen molar-refractivity contribution in [2.24, 2.45) is 0 Å². The van der Waals surface area contributed by atoms with Crippen LogP contribution in [0, 0.1) is 0 Å². The van der Waals surface area contributed by atoms with Gasteiger partial charge in [-0.25, -0.2) is 4.57 Å². The third-order valence-electron chi connectivity index (χ3n) is 14.5. The van der Waals surface area contributed by atoms with Crippen molar-refractivity contribution in [1.82, 2.24) is 5.32 Å². The van der Waals surface area contributed by atoms with Crippen LogP contribution >= 0.6 is 7.82 Å². The smallest absolute Gasteiger partial charge is 0.391 e. The zero-order valence-electron chi connectivity index (χ0n) is 48.2. The third kappa shape index (κ3) is 56.5. The minimum Gasteiger partial charge on any atom is -0.391 e. The van der Waals surface area contributed by atoms with Gasteiger partial charge < -0.3 is 19.8 Å². The van der Waals surface area contributed by atoms with Crippen LogP contribution in [0.4, 0.5) is 0 Å². The Morgan fingerprint density at radius 2 is 0.803 bits per heavy atom. The second kappa shape index (κ2) is 53.8. The molecule has 0 aromatic rings. The molecule has 0 saturated carbocycles. The maximum atomic E-state index is 13.0. The summed E-state index contributed by atoms with van der Waals surface area (Å²) in [4.78, 5) is 23.3. The lowest BCUT2D eigenvalue weighted by Crippen LogP contribution is -2.46. The highest BCUT2D eigenvalue weighted by atomic mass is 31.2. The average Bonchev–Trinajstić information content (AvgIpc) is 3.33. The van der Waals surface area contributed by atoms with Gasteiger partial charge in [0, 0.05) is 6.42 Å². The van der Waals surface area contributed by atoms with Gasteiger partial charge in [0.1, 0.15) is 13.2 Å². The van der Waals surface area contributed by atoms with E-state index in [1.165, 1.54) is 244 Å². The molecule has 0 aromatic heterocycles. The molecule has 0 aliphatic rings. The van der Waals surface area contributed by atoms with Crippen LogP contribution in [0.3, 0.4) is 0 Å². The van der Waals surface area contributed by atoms with E-state index in [4.69, 9.17) is 9.05 Å². The summed E-state index contributed by atoms with van der Waals surface area (Å²) in [5, 5.41) is 14.0.